The normalized spacial score (nSPS) is 10.7. The maximum Gasteiger partial charge on any atom is 0.271 e. The van der Waals surface area contributed by atoms with Gasteiger partial charge >= 0.3 is 0 Å². The Kier molecular flexibility index (Phi) is 1.73. The molecule has 3 N–H and O–H groups in total. The van der Waals surface area contributed by atoms with E-state index in [1.54, 1.807) is 0 Å². The van der Waals surface area contributed by atoms with Crippen LogP contribution in [0.25, 0.3) is 10.9 Å². The Hall–Kier alpha value is -1.91. The fraction of sp³-hybridized carbons (Fsp3) is 0. The predicted molar refractivity (Wildman–Crippen MR) is 48.9 cm³/mol. The summed E-state index contributed by atoms with van der Waals surface area (Å²) in [4.78, 5) is 13.2. The molecule has 2 aromatic rings. The third-order valence-electron chi connectivity index (χ3n) is 1.94. The zero-order valence-electron chi connectivity index (χ0n) is 6.97. The highest BCUT2D eigenvalue weighted by Crippen LogP contribution is 2.17. The molecule has 0 bridgehead atoms. The molecule has 0 aliphatic carbocycles. The van der Waals surface area contributed by atoms with Crippen molar-refractivity contribution in [2.75, 3.05) is 5.73 Å². The van der Waals surface area contributed by atoms with E-state index >= 15 is 0 Å². The molecule has 0 aliphatic rings. The van der Waals surface area contributed by atoms with Gasteiger partial charge < -0.3 is 10.7 Å². The zero-order valence-corrected chi connectivity index (χ0v) is 6.97. The van der Waals surface area contributed by atoms with Gasteiger partial charge in [0.05, 0.1) is 11.2 Å². The molecule has 1 aromatic carbocycles. The molecule has 0 aliphatic heterocycles. The van der Waals surface area contributed by atoms with Crippen LogP contribution in [-0.4, -0.2) is 4.98 Å². The number of nitrogens with two attached hydrogens (primary N) is 1. The minimum Gasteiger partial charge on any atom is -0.394 e. The van der Waals surface area contributed by atoms with Crippen molar-refractivity contribution in [2.24, 2.45) is 0 Å². The Morgan fingerprint density at radius 3 is 2.71 bits per heavy atom. The summed E-state index contributed by atoms with van der Waals surface area (Å²) in [5, 5.41) is 0.362. The first kappa shape index (κ1) is 8.68. The van der Waals surface area contributed by atoms with Crippen LogP contribution in [0.15, 0.2) is 23.0 Å². The number of pyridine rings is 1. The number of hydrogen-bond donors (Lipinski definition) is 2. The van der Waals surface area contributed by atoms with Crippen LogP contribution in [0.4, 0.5) is 14.5 Å². The van der Waals surface area contributed by atoms with E-state index in [2.05, 4.69) is 4.98 Å². The van der Waals surface area contributed by atoms with Gasteiger partial charge in [0, 0.05) is 5.39 Å². The number of anilines is 1. The maximum atomic E-state index is 13.1. The molecule has 0 radical (unpaired) electrons. The summed E-state index contributed by atoms with van der Waals surface area (Å²) in [5.41, 5.74) is 4.50. The molecule has 3 nitrogen and oxygen atoms in total. The van der Waals surface area contributed by atoms with E-state index in [9.17, 15) is 13.6 Å². The molecule has 1 heterocycles. The second-order valence-electron chi connectivity index (χ2n) is 2.88. The van der Waals surface area contributed by atoms with Crippen LogP contribution in [0.1, 0.15) is 0 Å². The van der Waals surface area contributed by atoms with Gasteiger partial charge in [0.2, 0.25) is 0 Å². The monoisotopic (exact) mass is 196 g/mol. The molecule has 0 atom stereocenters. The SMILES string of the molecule is Nc1cc2ccc(F)c(F)c2[nH]c1=O. The van der Waals surface area contributed by atoms with Gasteiger partial charge in [-0.25, -0.2) is 8.78 Å². The van der Waals surface area contributed by atoms with Gasteiger partial charge in [-0.15, -0.1) is 0 Å². The molecular formula is C9H6F2N2O. The van der Waals surface area contributed by atoms with Crippen molar-refractivity contribution in [2.45, 2.75) is 0 Å². The van der Waals surface area contributed by atoms with Crippen molar-refractivity contribution < 1.29 is 8.78 Å². The Balaban J connectivity index is 2.97. The lowest BCUT2D eigenvalue weighted by molar-refractivity contribution is 0.515. The minimum atomic E-state index is -1.07. The van der Waals surface area contributed by atoms with Crippen LogP contribution < -0.4 is 11.3 Å². The molecule has 0 fully saturated rings. The number of H-pyrrole nitrogens is 1. The van der Waals surface area contributed by atoms with Crippen LogP contribution in [-0.2, 0) is 0 Å². The second-order valence-corrected chi connectivity index (χ2v) is 2.88. The largest absolute Gasteiger partial charge is 0.394 e. The van der Waals surface area contributed by atoms with Crippen LogP contribution in [0.3, 0.4) is 0 Å². The molecular weight excluding hydrogens is 190 g/mol. The number of halogens is 2. The highest BCUT2D eigenvalue weighted by Gasteiger charge is 2.08. The predicted octanol–water partition coefficient (Wildman–Crippen LogP) is 1.39. The van der Waals surface area contributed by atoms with E-state index in [1.165, 1.54) is 12.1 Å². The fourth-order valence-electron chi connectivity index (χ4n) is 1.23. The third-order valence-corrected chi connectivity index (χ3v) is 1.94. The topological polar surface area (TPSA) is 58.9 Å². The van der Waals surface area contributed by atoms with Gasteiger partial charge in [0.25, 0.3) is 5.56 Å². The summed E-state index contributed by atoms with van der Waals surface area (Å²) in [6, 6.07) is 3.63. The number of hydrogen-bond acceptors (Lipinski definition) is 2. The lowest BCUT2D eigenvalue weighted by atomic mass is 10.2. The van der Waals surface area contributed by atoms with Crippen molar-refractivity contribution in [1.29, 1.82) is 0 Å². The number of benzene rings is 1. The number of nitrogen functional groups attached to an aromatic ring is 1. The summed E-state index contributed by atoms with van der Waals surface area (Å²) in [7, 11) is 0. The second kappa shape index (κ2) is 2.80. The van der Waals surface area contributed by atoms with Crippen molar-refractivity contribution in [3.63, 3.8) is 0 Å². The first-order valence-corrected chi connectivity index (χ1v) is 3.86. The summed E-state index contributed by atoms with van der Waals surface area (Å²) < 4.78 is 25.9. The average molecular weight is 196 g/mol. The first-order chi connectivity index (χ1) is 6.59. The lowest BCUT2D eigenvalue weighted by Gasteiger charge is -2.00. The Bertz CT molecular complexity index is 562. The van der Waals surface area contributed by atoms with Gasteiger partial charge in [-0.3, -0.25) is 4.79 Å². The van der Waals surface area contributed by atoms with Crippen LogP contribution in [0.5, 0.6) is 0 Å². The quantitative estimate of drug-likeness (QED) is 0.668. The van der Waals surface area contributed by atoms with E-state index < -0.39 is 17.2 Å². The first-order valence-electron chi connectivity index (χ1n) is 3.86. The number of aromatic amines is 1. The molecule has 1 aromatic heterocycles. The number of nitrogens with one attached hydrogen (secondary N) is 1. The standard InChI is InChI=1S/C9H6F2N2O/c10-5-2-1-4-3-6(12)9(14)13-8(4)7(5)11/h1-3H,12H2,(H,13,14). The molecule has 0 unspecified atom stereocenters. The van der Waals surface area contributed by atoms with Gasteiger partial charge in [-0.1, -0.05) is 0 Å². The zero-order chi connectivity index (χ0) is 10.3. The Morgan fingerprint density at radius 1 is 1.29 bits per heavy atom. The van der Waals surface area contributed by atoms with Gasteiger partial charge in [0.15, 0.2) is 11.6 Å². The molecule has 0 amide bonds. The van der Waals surface area contributed by atoms with E-state index in [1.807, 2.05) is 0 Å². The van der Waals surface area contributed by atoms with Gasteiger partial charge in [-0.05, 0) is 18.2 Å². The van der Waals surface area contributed by atoms with Crippen molar-refractivity contribution in [1.82, 2.24) is 4.98 Å². The molecule has 0 saturated heterocycles. The maximum absolute atomic E-state index is 13.1. The summed E-state index contributed by atoms with van der Waals surface area (Å²) >= 11 is 0. The van der Waals surface area contributed by atoms with E-state index in [4.69, 9.17) is 5.73 Å². The summed E-state index contributed by atoms with van der Waals surface area (Å²) in [6.45, 7) is 0. The number of aromatic nitrogens is 1. The van der Waals surface area contributed by atoms with E-state index in [0.29, 0.717) is 5.39 Å². The van der Waals surface area contributed by atoms with Gasteiger partial charge in [-0.2, -0.15) is 0 Å². The molecule has 14 heavy (non-hydrogen) atoms. The van der Waals surface area contributed by atoms with Crippen LogP contribution in [0.2, 0.25) is 0 Å². The number of rotatable bonds is 0. The van der Waals surface area contributed by atoms with Crippen molar-refractivity contribution in [3.8, 4) is 0 Å². The lowest BCUT2D eigenvalue weighted by Crippen LogP contribution is -2.11. The summed E-state index contributed by atoms with van der Waals surface area (Å²) in [6.07, 6.45) is 0. The van der Waals surface area contributed by atoms with Crippen LogP contribution >= 0.6 is 0 Å². The minimum absolute atomic E-state index is 0.0245. The Morgan fingerprint density at radius 2 is 2.00 bits per heavy atom. The number of fused-ring (bicyclic) bond motifs is 1. The highest BCUT2D eigenvalue weighted by atomic mass is 19.2. The molecule has 0 spiro atoms. The average Bonchev–Trinajstić information content (AvgIpc) is 2.15. The van der Waals surface area contributed by atoms with Crippen molar-refractivity contribution >= 4 is 16.6 Å². The molecule has 2 rings (SSSR count). The van der Waals surface area contributed by atoms with Crippen LogP contribution in [0, 0.1) is 11.6 Å². The van der Waals surface area contributed by atoms with E-state index in [0.717, 1.165) is 6.07 Å². The Labute approximate surface area is 77.2 Å². The smallest absolute Gasteiger partial charge is 0.271 e. The van der Waals surface area contributed by atoms with Gasteiger partial charge in [0.1, 0.15) is 0 Å². The highest BCUT2D eigenvalue weighted by molar-refractivity contribution is 5.81. The summed E-state index contributed by atoms with van der Waals surface area (Å²) in [5.74, 6) is -2.07. The fourth-order valence-corrected chi connectivity index (χ4v) is 1.23. The van der Waals surface area contributed by atoms with Crippen molar-refractivity contribution in [3.05, 3.63) is 40.2 Å². The molecule has 72 valence electrons. The molecule has 0 saturated carbocycles. The molecule has 5 heteroatoms. The third kappa shape index (κ3) is 1.14. The van der Waals surface area contributed by atoms with E-state index in [-0.39, 0.29) is 11.2 Å².